The van der Waals surface area contributed by atoms with Gasteiger partial charge >= 0.3 is 5.97 Å². The van der Waals surface area contributed by atoms with E-state index >= 15 is 0 Å². The Morgan fingerprint density at radius 2 is 1.50 bits per heavy atom. The maximum absolute atomic E-state index is 12.3. The molecule has 0 heterocycles. The van der Waals surface area contributed by atoms with Crippen LogP contribution in [0.15, 0.2) is 48.5 Å². The normalized spacial score (nSPS) is 10.2. The van der Waals surface area contributed by atoms with E-state index in [-0.39, 0.29) is 29.2 Å². The molecule has 2 aromatic rings. The number of phenolic OH excluding ortho intramolecular Hbond substituents is 1. The number of carbonyl (C=O) groups excluding carboxylic acids is 2. The van der Waals surface area contributed by atoms with Gasteiger partial charge in [0, 0.05) is 13.0 Å². The van der Waals surface area contributed by atoms with E-state index in [1.165, 1.54) is 12.1 Å². The second kappa shape index (κ2) is 9.22. The molecule has 7 heteroatoms. The molecule has 2 rings (SSSR count). The summed E-state index contributed by atoms with van der Waals surface area (Å²) in [5.41, 5.74) is 0.717. The Morgan fingerprint density at radius 3 is 2.19 bits per heavy atom. The molecule has 2 aromatic carbocycles. The summed E-state index contributed by atoms with van der Waals surface area (Å²) in [6.07, 6.45) is 1.08. The monoisotopic (exact) mass is 356 g/mol. The van der Waals surface area contributed by atoms with Gasteiger partial charge in [-0.05, 0) is 37.1 Å². The Labute approximate surface area is 150 Å². The van der Waals surface area contributed by atoms with Gasteiger partial charge in [0.05, 0.1) is 16.8 Å². The van der Waals surface area contributed by atoms with Gasteiger partial charge in [0.25, 0.3) is 11.8 Å². The molecule has 0 aliphatic heterocycles. The van der Waals surface area contributed by atoms with Crippen LogP contribution in [0.3, 0.4) is 0 Å². The van der Waals surface area contributed by atoms with Gasteiger partial charge in [0.1, 0.15) is 5.75 Å². The van der Waals surface area contributed by atoms with Gasteiger partial charge in [-0.25, -0.2) is 0 Å². The van der Waals surface area contributed by atoms with Crippen molar-refractivity contribution in [2.45, 2.75) is 19.3 Å². The van der Waals surface area contributed by atoms with Gasteiger partial charge in [-0.1, -0.05) is 24.3 Å². The van der Waals surface area contributed by atoms with Crippen LogP contribution in [-0.4, -0.2) is 34.5 Å². The van der Waals surface area contributed by atoms with Crippen LogP contribution in [-0.2, 0) is 4.79 Å². The molecule has 7 nitrogen and oxygen atoms in total. The summed E-state index contributed by atoms with van der Waals surface area (Å²) < 4.78 is 0. The first-order valence-electron chi connectivity index (χ1n) is 8.17. The summed E-state index contributed by atoms with van der Waals surface area (Å²) in [4.78, 5) is 35.1. The van der Waals surface area contributed by atoms with E-state index < -0.39 is 11.9 Å². The molecule has 26 heavy (non-hydrogen) atoms. The van der Waals surface area contributed by atoms with Crippen LogP contribution in [0.5, 0.6) is 5.75 Å². The summed E-state index contributed by atoms with van der Waals surface area (Å²) in [5, 5.41) is 23.7. The molecular weight excluding hydrogens is 336 g/mol. The van der Waals surface area contributed by atoms with E-state index in [1.807, 2.05) is 0 Å². The Bertz CT molecular complexity index is 804. The molecular formula is C19H20N2O5. The van der Waals surface area contributed by atoms with Crippen LogP contribution in [0.2, 0.25) is 0 Å². The van der Waals surface area contributed by atoms with Crippen molar-refractivity contribution in [2.24, 2.45) is 0 Å². The summed E-state index contributed by atoms with van der Waals surface area (Å²) >= 11 is 0. The van der Waals surface area contributed by atoms with Gasteiger partial charge in [-0.15, -0.1) is 0 Å². The van der Waals surface area contributed by atoms with E-state index in [2.05, 4.69) is 10.6 Å². The molecule has 0 aliphatic rings. The Hall–Kier alpha value is -3.35. The third kappa shape index (κ3) is 5.34. The number of carbonyl (C=O) groups is 3. The molecule has 0 aromatic heterocycles. The lowest BCUT2D eigenvalue weighted by molar-refractivity contribution is -0.137. The van der Waals surface area contributed by atoms with Gasteiger partial charge in [0.15, 0.2) is 0 Å². The number of rotatable bonds is 8. The first-order chi connectivity index (χ1) is 12.5. The van der Waals surface area contributed by atoms with E-state index in [9.17, 15) is 19.5 Å². The highest BCUT2D eigenvalue weighted by atomic mass is 16.4. The maximum atomic E-state index is 12.3. The van der Waals surface area contributed by atoms with Crippen molar-refractivity contribution in [3.63, 3.8) is 0 Å². The third-order valence-electron chi connectivity index (χ3n) is 3.67. The fourth-order valence-corrected chi connectivity index (χ4v) is 2.34. The summed E-state index contributed by atoms with van der Waals surface area (Å²) in [6, 6.07) is 12.7. The SMILES string of the molecule is O=C(O)CCCCNC(=O)c1ccccc1NC(=O)c1ccccc1O. The molecule has 0 aliphatic carbocycles. The van der Waals surface area contributed by atoms with Crippen molar-refractivity contribution in [3.05, 3.63) is 59.7 Å². The zero-order valence-corrected chi connectivity index (χ0v) is 14.1. The number of aromatic hydroxyl groups is 1. The van der Waals surface area contributed by atoms with Crippen molar-refractivity contribution >= 4 is 23.5 Å². The standard InChI is InChI=1S/C19H20N2O5/c22-16-10-4-2-8-14(16)19(26)21-15-9-3-1-7-13(15)18(25)20-12-6-5-11-17(23)24/h1-4,7-10,22H,5-6,11-12H2,(H,20,25)(H,21,26)(H,23,24). The average molecular weight is 356 g/mol. The minimum Gasteiger partial charge on any atom is -0.507 e. The lowest BCUT2D eigenvalue weighted by atomic mass is 10.1. The molecule has 0 spiro atoms. The van der Waals surface area contributed by atoms with Crippen molar-refractivity contribution in [3.8, 4) is 5.75 Å². The molecule has 0 unspecified atom stereocenters. The number of nitrogens with one attached hydrogen (secondary N) is 2. The Balaban J connectivity index is 2.01. The van der Waals surface area contributed by atoms with Gasteiger partial charge in [0.2, 0.25) is 0 Å². The quantitative estimate of drug-likeness (QED) is 0.543. The van der Waals surface area contributed by atoms with Crippen LogP contribution in [0.25, 0.3) is 0 Å². The number of carboxylic acids is 1. The largest absolute Gasteiger partial charge is 0.507 e. The molecule has 4 N–H and O–H groups in total. The number of hydrogen-bond acceptors (Lipinski definition) is 4. The maximum Gasteiger partial charge on any atom is 0.303 e. The molecule has 2 amide bonds. The topological polar surface area (TPSA) is 116 Å². The average Bonchev–Trinajstić information content (AvgIpc) is 2.61. The van der Waals surface area contributed by atoms with Gasteiger partial charge in [-0.3, -0.25) is 14.4 Å². The zero-order valence-electron chi connectivity index (χ0n) is 14.1. The molecule has 136 valence electrons. The van der Waals surface area contributed by atoms with E-state index in [0.29, 0.717) is 25.1 Å². The van der Waals surface area contributed by atoms with Crippen LogP contribution < -0.4 is 10.6 Å². The molecule has 0 atom stereocenters. The number of aliphatic carboxylic acids is 1. The highest BCUT2D eigenvalue weighted by Crippen LogP contribution is 2.20. The van der Waals surface area contributed by atoms with Gasteiger partial charge in [-0.2, -0.15) is 0 Å². The number of benzene rings is 2. The number of para-hydroxylation sites is 2. The summed E-state index contributed by atoms with van der Waals surface area (Å²) in [6.45, 7) is 0.341. The number of unbranched alkanes of at least 4 members (excludes halogenated alkanes) is 1. The fourth-order valence-electron chi connectivity index (χ4n) is 2.34. The summed E-state index contributed by atoms with van der Waals surface area (Å²) in [7, 11) is 0. The van der Waals surface area contributed by atoms with Crippen molar-refractivity contribution in [2.75, 3.05) is 11.9 Å². The fraction of sp³-hybridized carbons (Fsp3) is 0.211. The Morgan fingerprint density at radius 1 is 0.846 bits per heavy atom. The lowest BCUT2D eigenvalue weighted by Gasteiger charge is -2.12. The third-order valence-corrected chi connectivity index (χ3v) is 3.67. The van der Waals surface area contributed by atoms with E-state index in [1.54, 1.807) is 36.4 Å². The second-order valence-electron chi connectivity index (χ2n) is 5.62. The lowest BCUT2D eigenvalue weighted by Crippen LogP contribution is -2.26. The Kier molecular flexibility index (Phi) is 6.73. The van der Waals surface area contributed by atoms with E-state index in [0.717, 1.165) is 0 Å². The van der Waals surface area contributed by atoms with Crippen LogP contribution in [0, 0.1) is 0 Å². The molecule has 0 saturated heterocycles. The van der Waals surface area contributed by atoms with Crippen molar-refractivity contribution in [1.29, 1.82) is 0 Å². The molecule has 0 fully saturated rings. The van der Waals surface area contributed by atoms with Crippen molar-refractivity contribution in [1.82, 2.24) is 5.32 Å². The van der Waals surface area contributed by atoms with Crippen LogP contribution >= 0.6 is 0 Å². The predicted molar refractivity (Wildman–Crippen MR) is 96.3 cm³/mol. The number of anilines is 1. The number of carboxylic acid groups (broad SMARTS) is 1. The minimum atomic E-state index is -0.867. The minimum absolute atomic E-state index is 0.0586. The highest BCUT2D eigenvalue weighted by molar-refractivity contribution is 6.10. The smallest absolute Gasteiger partial charge is 0.303 e. The van der Waals surface area contributed by atoms with Crippen LogP contribution in [0.4, 0.5) is 5.69 Å². The second-order valence-corrected chi connectivity index (χ2v) is 5.62. The highest BCUT2D eigenvalue weighted by Gasteiger charge is 2.15. The van der Waals surface area contributed by atoms with Crippen molar-refractivity contribution < 1.29 is 24.6 Å². The number of hydrogen-bond donors (Lipinski definition) is 4. The first kappa shape index (κ1) is 19.0. The number of amides is 2. The molecule has 0 bridgehead atoms. The molecule has 0 radical (unpaired) electrons. The van der Waals surface area contributed by atoms with Gasteiger partial charge < -0.3 is 20.8 Å². The number of phenols is 1. The predicted octanol–water partition coefficient (Wildman–Crippen LogP) is 2.63. The zero-order chi connectivity index (χ0) is 18.9. The molecule has 0 saturated carbocycles. The first-order valence-corrected chi connectivity index (χ1v) is 8.17. The van der Waals surface area contributed by atoms with E-state index in [4.69, 9.17) is 5.11 Å². The summed E-state index contributed by atoms with van der Waals surface area (Å²) in [5.74, 6) is -1.91. The van der Waals surface area contributed by atoms with Crippen LogP contribution in [0.1, 0.15) is 40.0 Å².